The molecule has 0 atom stereocenters. The molecule has 1 rings (SSSR count). The van der Waals surface area contributed by atoms with E-state index in [4.69, 9.17) is 0 Å². The van der Waals surface area contributed by atoms with E-state index in [0.29, 0.717) is 4.47 Å². The zero-order valence-electron chi connectivity index (χ0n) is 7.35. The number of rotatable bonds is 3. The number of hydrogen-bond acceptors (Lipinski definition) is 1. The van der Waals surface area contributed by atoms with Gasteiger partial charge in [0.1, 0.15) is 4.47 Å². The normalized spacial score (nSPS) is 10.6. The zero-order valence-corrected chi connectivity index (χ0v) is 8.94. The fourth-order valence-corrected chi connectivity index (χ4v) is 1.36. The van der Waals surface area contributed by atoms with E-state index >= 15 is 0 Å². The van der Waals surface area contributed by atoms with E-state index in [2.05, 4.69) is 28.0 Å². The van der Waals surface area contributed by atoms with E-state index in [-0.39, 0.29) is 5.56 Å². The zero-order chi connectivity index (χ0) is 9.14. The lowest BCUT2D eigenvalue weighted by Crippen LogP contribution is -2.16. The van der Waals surface area contributed by atoms with Gasteiger partial charge in [-0.1, -0.05) is 13.3 Å². The molecule has 0 aliphatic carbocycles. The van der Waals surface area contributed by atoms with Gasteiger partial charge in [0.15, 0.2) is 0 Å². The molecule has 1 aromatic heterocycles. The minimum atomic E-state index is 0.0425. The molecule has 0 spiro atoms. The Hall–Kier alpha value is -0.510. The Morgan fingerprint density at radius 3 is 2.67 bits per heavy atom. The Morgan fingerprint density at radius 1 is 1.58 bits per heavy atom. The number of halogens is 1. The summed E-state index contributed by atoms with van der Waals surface area (Å²) < 4.78 is 2.29. The molecule has 1 N–H and O–H groups in total. The summed E-state index contributed by atoms with van der Waals surface area (Å²) in [5.74, 6) is 0. The van der Waals surface area contributed by atoms with Crippen LogP contribution in [-0.4, -0.2) is 9.78 Å². The van der Waals surface area contributed by atoms with Crippen molar-refractivity contribution < 1.29 is 0 Å². The number of unbranched alkanes of at least 4 members (excludes halogenated alkanes) is 1. The van der Waals surface area contributed by atoms with Crippen LogP contribution in [0.5, 0.6) is 0 Å². The molecule has 0 amide bonds. The van der Waals surface area contributed by atoms with Crippen molar-refractivity contribution in [3.63, 3.8) is 0 Å². The van der Waals surface area contributed by atoms with Crippen molar-refractivity contribution >= 4 is 15.9 Å². The van der Waals surface area contributed by atoms with Gasteiger partial charge in [-0.05, 0) is 29.3 Å². The monoisotopic (exact) mass is 232 g/mol. The lowest BCUT2D eigenvalue weighted by molar-refractivity contribution is 0.554. The standard InChI is InChI=1S/C8H13BrN2O/c1-3-4-5-11-8(12)7(9)6(2)10-11/h10H,3-5H2,1-2H3. The molecule has 12 heavy (non-hydrogen) atoms. The molecule has 1 aromatic rings. The first-order chi connectivity index (χ1) is 5.66. The second kappa shape index (κ2) is 3.94. The van der Waals surface area contributed by atoms with Gasteiger partial charge in [-0.15, -0.1) is 0 Å². The largest absolute Gasteiger partial charge is 0.299 e. The van der Waals surface area contributed by atoms with Crippen molar-refractivity contribution in [1.29, 1.82) is 0 Å². The third-order valence-electron chi connectivity index (χ3n) is 1.80. The average Bonchev–Trinajstić information content (AvgIpc) is 2.30. The van der Waals surface area contributed by atoms with Gasteiger partial charge in [-0.3, -0.25) is 14.6 Å². The minimum absolute atomic E-state index is 0.0425. The molecule has 0 aromatic carbocycles. The molecular formula is C8H13BrN2O. The van der Waals surface area contributed by atoms with Crippen LogP contribution in [0.25, 0.3) is 0 Å². The van der Waals surface area contributed by atoms with Crippen molar-refractivity contribution in [2.45, 2.75) is 33.2 Å². The lowest BCUT2D eigenvalue weighted by Gasteiger charge is -1.97. The highest BCUT2D eigenvalue weighted by Crippen LogP contribution is 2.07. The van der Waals surface area contributed by atoms with Crippen molar-refractivity contribution in [2.75, 3.05) is 0 Å². The predicted octanol–water partition coefficient (Wildman–Crippen LogP) is 2.05. The summed E-state index contributed by atoms with van der Waals surface area (Å²) in [5, 5.41) is 3.00. The fourth-order valence-electron chi connectivity index (χ4n) is 1.05. The first-order valence-electron chi connectivity index (χ1n) is 4.11. The third kappa shape index (κ3) is 1.80. The predicted molar refractivity (Wildman–Crippen MR) is 52.4 cm³/mol. The minimum Gasteiger partial charge on any atom is -0.299 e. The average molecular weight is 233 g/mol. The third-order valence-corrected chi connectivity index (χ3v) is 2.73. The Labute approximate surface area is 79.9 Å². The van der Waals surface area contributed by atoms with Gasteiger partial charge in [-0.25, -0.2) is 0 Å². The number of aromatic amines is 1. The molecular weight excluding hydrogens is 220 g/mol. The van der Waals surface area contributed by atoms with Crippen molar-refractivity contribution in [1.82, 2.24) is 9.78 Å². The maximum atomic E-state index is 11.4. The topological polar surface area (TPSA) is 37.8 Å². The fraction of sp³-hybridized carbons (Fsp3) is 0.625. The first kappa shape index (κ1) is 9.58. The summed E-state index contributed by atoms with van der Waals surface area (Å²) in [6.45, 7) is 4.77. The number of nitrogens with zero attached hydrogens (tertiary/aromatic N) is 1. The summed E-state index contributed by atoms with van der Waals surface area (Å²) in [4.78, 5) is 11.4. The van der Waals surface area contributed by atoms with Crippen LogP contribution in [0.4, 0.5) is 0 Å². The number of aryl methyl sites for hydroxylation is 2. The number of nitrogens with one attached hydrogen (secondary N) is 1. The van der Waals surface area contributed by atoms with Gasteiger partial charge in [0, 0.05) is 12.2 Å². The molecule has 0 saturated carbocycles. The molecule has 0 aliphatic heterocycles. The summed E-state index contributed by atoms with van der Waals surface area (Å²) in [7, 11) is 0. The lowest BCUT2D eigenvalue weighted by atomic mass is 10.3. The molecule has 0 bridgehead atoms. The summed E-state index contributed by atoms with van der Waals surface area (Å²) in [6.07, 6.45) is 2.13. The van der Waals surface area contributed by atoms with Gasteiger partial charge < -0.3 is 0 Å². The van der Waals surface area contributed by atoms with Gasteiger partial charge in [0.2, 0.25) is 0 Å². The molecule has 68 valence electrons. The number of H-pyrrole nitrogens is 1. The molecule has 0 unspecified atom stereocenters. The second-order valence-corrected chi connectivity index (χ2v) is 3.65. The van der Waals surface area contributed by atoms with Gasteiger partial charge in [-0.2, -0.15) is 0 Å². The van der Waals surface area contributed by atoms with E-state index in [0.717, 1.165) is 25.1 Å². The molecule has 0 aliphatic rings. The van der Waals surface area contributed by atoms with E-state index < -0.39 is 0 Å². The quantitative estimate of drug-likeness (QED) is 0.852. The maximum Gasteiger partial charge on any atom is 0.281 e. The van der Waals surface area contributed by atoms with Crippen LogP contribution in [-0.2, 0) is 6.54 Å². The van der Waals surface area contributed by atoms with Crippen LogP contribution in [0.15, 0.2) is 9.27 Å². The Morgan fingerprint density at radius 2 is 2.25 bits per heavy atom. The first-order valence-corrected chi connectivity index (χ1v) is 4.91. The van der Waals surface area contributed by atoms with E-state index in [1.54, 1.807) is 4.68 Å². The molecule has 0 radical (unpaired) electrons. The smallest absolute Gasteiger partial charge is 0.281 e. The van der Waals surface area contributed by atoms with Gasteiger partial charge >= 0.3 is 0 Å². The van der Waals surface area contributed by atoms with Crippen molar-refractivity contribution in [3.8, 4) is 0 Å². The van der Waals surface area contributed by atoms with Crippen LogP contribution in [0.2, 0.25) is 0 Å². The van der Waals surface area contributed by atoms with Gasteiger partial charge in [0.25, 0.3) is 5.56 Å². The van der Waals surface area contributed by atoms with E-state index in [9.17, 15) is 4.79 Å². The summed E-state index contributed by atoms with van der Waals surface area (Å²) in [6, 6.07) is 0. The molecule has 4 heteroatoms. The highest BCUT2D eigenvalue weighted by molar-refractivity contribution is 9.10. The molecule has 0 saturated heterocycles. The van der Waals surface area contributed by atoms with Crippen LogP contribution < -0.4 is 5.56 Å². The SMILES string of the molecule is CCCCn1[nH]c(C)c(Br)c1=O. The second-order valence-electron chi connectivity index (χ2n) is 2.86. The molecule has 0 fully saturated rings. The molecule has 3 nitrogen and oxygen atoms in total. The van der Waals surface area contributed by atoms with Crippen LogP contribution in [0.1, 0.15) is 25.5 Å². The summed E-state index contributed by atoms with van der Waals surface area (Å²) >= 11 is 3.23. The van der Waals surface area contributed by atoms with E-state index in [1.807, 2.05) is 6.92 Å². The van der Waals surface area contributed by atoms with Crippen molar-refractivity contribution in [3.05, 3.63) is 20.5 Å². The highest BCUT2D eigenvalue weighted by Gasteiger charge is 2.06. The highest BCUT2D eigenvalue weighted by atomic mass is 79.9. The summed E-state index contributed by atoms with van der Waals surface area (Å²) in [5.41, 5.74) is 0.942. The van der Waals surface area contributed by atoms with Crippen molar-refractivity contribution in [2.24, 2.45) is 0 Å². The molecule has 1 heterocycles. The number of hydrogen-bond donors (Lipinski definition) is 1. The van der Waals surface area contributed by atoms with Gasteiger partial charge in [0.05, 0.1) is 0 Å². The van der Waals surface area contributed by atoms with Crippen LogP contribution >= 0.6 is 15.9 Å². The maximum absolute atomic E-state index is 11.4. The van der Waals surface area contributed by atoms with Crippen LogP contribution in [0, 0.1) is 6.92 Å². The Balaban J connectivity index is 2.87. The number of aromatic nitrogens is 2. The van der Waals surface area contributed by atoms with Crippen LogP contribution in [0.3, 0.4) is 0 Å². The Bertz CT molecular complexity index is 313. The Kier molecular flexibility index (Phi) is 3.14. The van der Waals surface area contributed by atoms with E-state index in [1.165, 1.54) is 0 Å².